The molecule has 0 radical (unpaired) electrons. The van der Waals surface area contributed by atoms with Crippen molar-refractivity contribution < 1.29 is 13.6 Å². The van der Waals surface area contributed by atoms with Gasteiger partial charge in [-0.3, -0.25) is 4.79 Å². The van der Waals surface area contributed by atoms with Crippen LogP contribution in [0.2, 0.25) is 0 Å². The number of hydrogen-bond donors (Lipinski definition) is 1. The number of amides is 1. The van der Waals surface area contributed by atoms with E-state index in [2.05, 4.69) is 5.32 Å². The highest BCUT2D eigenvalue weighted by Crippen LogP contribution is 2.27. The predicted molar refractivity (Wildman–Crippen MR) is 66.8 cm³/mol. The Kier molecular flexibility index (Phi) is 3.22. The molecule has 1 aliphatic carbocycles. The minimum atomic E-state index is -0.969. The first-order chi connectivity index (χ1) is 9.16. The van der Waals surface area contributed by atoms with Gasteiger partial charge in [-0.1, -0.05) is 0 Å². The van der Waals surface area contributed by atoms with Crippen LogP contribution < -0.4 is 5.32 Å². The van der Waals surface area contributed by atoms with Crippen LogP contribution in [0.25, 0.3) is 0 Å². The van der Waals surface area contributed by atoms with Gasteiger partial charge in [0.2, 0.25) is 0 Å². The highest BCUT2D eigenvalue weighted by molar-refractivity contribution is 5.94. The van der Waals surface area contributed by atoms with Gasteiger partial charge in [0.15, 0.2) is 11.6 Å². The lowest BCUT2D eigenvalue weighted by molar-refractivity contribution is 0.0598. The molecule has 1 aliphatic heterocycles. The maximum absolute atomic E-state index is 13.2. The van der Waals surface area contributed by atoms with Gasteiger partial charge in [0.1, 0.15) is 0 Å². The van der Waals surface area contributed by atoms with Gasteiger partial charge in [-0.25, -0.2) is 8.78 Å². The number of fused-ring (bicyclic) bond motifs is 1. The second kappa shape index (κ2) is 4.89. The van der Waals surface area contributed by atoms with Gasteiger partial charge in [-0.05, 0) is 37.5 Å². The summed E-state index contributed by atoms with van der Waals surface area (Å²) in [6.07, 6.45) is 3.16. The normalized spacial score (nSPS) is 26.3. The van der Waals surface area contributed by atoms with Gasteiger partial charge in [0, 0.05) is 30.7 Å². The molecule has 1 heterocycles. The third-order valence-electron chi connectivity index (χ3n) is 4.07. The summed E-state index contributed by atoms with van der Waals surface area (Å²) >= 11 is 0. The van der Waals surface area contributed by atoms with Gasteiger partial charge < -0.3 is 10.2 Å². The summed E-state index contributed by atoms with van der Waals surface area (Å²) in [5, 5.41) is 3.41. The third-order valence-corrected chi connectivity index (χ3v) is 4.07. The lowest BCUT2D eigenvalue weighted by Gasteiger charge is -2.38. The molecular weight excluding hydrogens is 250 g/mol. The van der Waals surface area contributed by atoms with Crippen LogP contribution in [-0.2, 0) is 0 Å². The summed E-state index contributed by atoms with van der Waals surface area (Å²) in [5.74, 6) is -2.09. The van der Waals surface area contributed by atoms with E-state index in [0.29, 0.717) is 12.6 Å². The first kappa shape index (κ1) is 12.5. The molecule has 102 valence electrons. The second-order valence-corrected chi connectivity index (χ2v) is 5.19. The van der Waals surface area contributed by atoms with Crippen molar-refractivity contribution in [2.75, 3.05) is 13.1 Å². The Hall–Kier alpha value is -1.49. The number of piperazine rings is 1. The maximum atomic E-state index is 13.2. The SMILES string of the molecule is O=C(c1ccc(F)c(F)c1)N1CCNC2CCCC21. The summed E-state index contributed by atoms with van der Waals surface area (Å²) in [5.41, 5.74) is 0.228. The van der Waals surface area contributed by atoms with E-state index >= 15 is 0 Å². The van der Waals surface area contributed by atoms with E-state index in [0.717, 1.165) is 37.9 Å². The van der Waals surface area contributed by atoms with E-state index in [4.69, 9.17) is 0 Å². The first-order valence-corrected chi connectivity index (χ1v) is 6.66. The van der Waals surface area contributed by atoms with Gasteiger partial charge in [-0.15, -0.1) is 0 Å². The molecule has 1 saturated carbocycles. The van der Waals surface area contributed by atoms with Gasteiger partial charge in [-0.2, -0.15) is 0 Å². The summed E-state index contributed by atoms with van der Waals surface area (Å²) < 4.78 is 26.1. The number of carbonyl (C=O) groups is 1. The largest absolute Gasteiger partial charge is 0.333 e. The topological polar surface area (TPSA) is 32.3 Å². The summed E-state index contributed by atoms with van der Waals surface area (Å²) in [6.45, 7) is 1.38. The second-order valence-electron chi connectivity index (χ2n) is 5.19. The zero-order valence-electron chi connectivity index (χ0n) is 10.5. The maximum Gasteiger partial charge on any atom is 0.254 e. The van der Waals surface area contributed by atoms with Gasteiger partial charge in [0.25, 0.3) is 5.91 Å². The Balaban J connectivity index is 1.84. The highest BCUT2D eigenvalue weighted by Gasteiger charge is 2.37. The van der Waals surface area contributed by atoms with Crippen molar-refractivity contribution in [2.45, 2.75) is 31.3 Å². The number of nitrogens with one attached hydrogen (secondary N) is 1. The smallest absolute Gasteiger partial charge is 0.254 e. The first-order valence-electron chi connectivity index (χ1n) is 6.66. The minimum Gasteiger partial charge on any atom is -0.333 e. The Morgan fingerprint density at radius 2 is 2.11 bits per heavy atom. The molecule has 0 bridgehead atoms. The average molecular weight is 266 g/mol. The molecular formula is C14H16F2N2O. The molecule has 1 saturated heterocycles. The fraction of sp³-hybridized carbons (Fsp3) is 0.500. The zero-order chi connectivity index (χ0) is 13.4. The van der Waals surface area contributed by atoms with E-state index in [-0.39, 0.29) is 17.5 Å². The Labute approximate surface area is 110 Å². The van der Waals surface area contributed by atoms with Crippen molar-refractivity contribution in [2.24, 2.45) is 0 Å². The molecule has 1 N–H and O–H groups in total. The summed E-state index contributed by atoms with van der Waals surface area (Å²) in [4.78, 5) is 14.2. The van der Waals surface area contributed by atoms with Crippen LogP contribution in [-0.4, -0.2) is 36.0 Å². The molecule has 0 spiro atoms. The summed E-state index contributed by atoms with van der Waals surface area (Å²) in [7, 11) is 0. The molecule has 2 atom stereocenters. The standard InChI is InChI=1S/C14H16F2N2O/c15-10-5-4-9(8-11(10)16)14(19)18-7-6-17-12-2-1-3-13(12)18/h4-5,8,12-13,17H,1-3,6-7H2. The molecule has 1 amide bonds. The van der Waals surface area contributed by atoms with E-state index in [9.17, 15) is 13.6 Å². The van der Waals surface area contributed by atoms with Crippen LogP contribution in [0.4, 0.5) is 8.78 Å². The number of rotatable bonds is 1. The Bertz CT molecular complexity index is 506. The molecule has 5 heteroatoms. The molecule has 2 fully saturated rings. The predicted octanol–water partition coefficient (Wildman–Crippen LogP) is 1.93. The molecule has 19 heavy (non-hydrogen) atoms. The quantitative estimate of drug-likeness (QED) is 0.842. The number of halogens is 2. The van der Waals surface area contributed by atoms with Crippen LogP contribution in [0.3, 0.4) is 0 Å². The van der Waals surface area contributed by atoms with Crippen LogP contribution in [0.15, 0.2) is 18.2 Å². The van der Waals surface area contributed by atoms with Crippen molar-refractivity contribution in [1.29, 1.82) is 0 Å². The lowest BCUT2D eigenvalue weighted by Crippen LogP contribution is -2.57. The average Bonchev–Trinajstić information content (AvgIpc) is 2.89. The zero-order valence-corrected chi connectivity index (χ0v) is 10.5. The number of carbonyl (C=O) groups excluding carboxylic acids is 1. The Morgan fingerprint density at radius 1 is 1.26 bits per heavy atom. The van der Waals surface area contributed by atoms with Crippen molar-refractivity contribution in [3.05, 3.63) is 35.4 Å². The minimum absolute atomic E-state index is 0.189. The van der Waals surface area contributed by atoms with E-state index in [1.807, 2.05) is 0 Å². The van der Waals surface area contributed by atoms with E-state index in [1.165, 1.54) is 6.07 Å². The number of nitrogens with zero attached hydrogens (tertiary/aromatic N) is 1. The third kappa shape index (κ3) is 2.23. The Morgan fingerprint density at radius 3 is 2.89 bits per heavy atom. The van der Waals surface area contributed by atoms with E-state index in [1.54, 1.807) is 4.90 Å². The monoisotopic (exact) mass is 266 g/mol. The molecule has 2 aliphatic rings. The molecule has 0 aromatic heterocycles. The van der Waals surface area contributed by atoms with Crippen LogP contribution >= 0.6 is 0 Å². The van der Waals surface area contributed by atoms with Gasteiger partial charge >= 0.3 is 0 Å². The fourth-order valence-electron chi connectivity index (χ4n) is 3.13. The molecule has 2 unspecified atom stereocenters. The van der Waals surface area contributed by atoms with Crippen molar-refractivity contribution in [3.63, 3.8) is 0 Å². The molecule has 3 nitrogen and oxygen atoms in total. The fourth-order valence-corrected chi connectivity index (χ4v) is 3.13. The lowest BCUT2D eigenvalue weighted by atomic mass is 10.1. The molecule has 1 aromatic carbocycles. The highest BCUT2D eigenvalue weighted by atomic mass is 19.2. The molecule has 3 rings (SSSR count). The van der Waals surface area contributed by atoms with Crippen molar-refractivity contribution >= 4 is 5.91 Å². The van der Waals surface area contributed by atoms with Crippen LogP contribution in [0.1, 0.15) is 29.6 Å². The van der Waals surface area contributed by atoms with Crippen molar-refractivity contribution in [3.8, 4) is 0 Å². The van der Waals surface area contributed by atoms with Crippen LogP contribution in [0.5, 0.6) is 0 Å². The number of benzene rings is 1. The van der Waals surface area contributed by atoms with Crippen LogP contribution in [0, 0.1) is 11.6 Å². The van der Waals surface area contributed by atoms with Gasteiger partial charge in [0.05, 0.1) is 0 Å². The summed E-state index contributed by atoms with van der Waals surface area (Å²) in [6, 6.07) is 3.89. The van der Waals surface area contributed by atoms with E-state index < -0.39 is 11.6 Å². The molecule has 1 aromatic rings. The number of hydrogen-bond acceptors (Lipinski definition) is 2. The van der Waals surface area contributed by atoms with Crippen molar-refractivity contribution in [1.82, 2.24) is 10.2 Å².